The molecule has 0 aliphatic carbocycles. The number of thiazole rings is 1. The number of benzene rings is 1. The topological polar surface area (TPSA) is 50.9 Å². The molecular weight excluding hydrogens is 249 g/mol. The lowest BCUT2D eigenvalue weighted by atomic mass is 10.2. The van der Waals surface area contributed by atoms with E-state index < -0.39 is 0 Å². The van der Waals surface area contributed by atoms with Crippen molar-refractivity contribution < 1.29 is 4.39 Å². The number of nitrogens with one attached hydrogen (secondary N) is 1. The summed E-state index contributed by atoms with van der Waals surface area (Å²) in [5.74, 6) is -0.368. The average Bonchev–Trinajstić information content (AvgIpc) is 2.77. The molecule has 1 atom stereocenters. The SMILES string of the molecule is Cc1cnc(C(C)NCc2ccc(N)c(F)c2)s1. The molecule has 96 valence electrons. The first kappa shape index (κ1) is 13.0. The van der Waals surface area contributed by atoms with Crippen LogP contribution in [0.3, 0.4) is 0 Å². The molecule has 0 aliphatic rings. The van der Waals surface area contributed by atoms with Gasteiger partial charge in [0.2, 0.25) is 0 Å². The predicted octanol–water partition coefficient (Wildman–Crippen LogP) is 3.02. The molecule has 2 rings (SSSR count). The van der Waals surface area contributed by atoms with E-state index in [0.29, 0.717) is 6.54 Å². The van der Waals surface area contributed by atoms with Crippen LogP contribution in [0.5, 0.6) is 0 Å². The maximum atomic E-state index is 13.3. The van der Waals surface area contributed by atoms with Crippen LogP contribution in [0.1, 0.15) is 28.4 Å². The van der Waals surface area contributed by atoms with Crippen molar-refractivity contribution in [3.05, 3.63) is 45.7 Å². The molecule has 0 radical (unpaired) electrons. The van der Waals surface area contributed by atoms with Crippen molar-refractivity contribution in [3.63, 3.8) is 0 Å². The van der Waals surface area contributed by atoms with Crippen molar-refractivity contribution in [2.24, 2.45) is 0 Å². The maximum absolute atomic E-state index is 13.3. The Morgan fingerprint density at radius 2 is 2.28 bits per heavy atom. The number of hydrogen-bond donors (Lipinski definition) is 2. The summed E-state index contributed by atoms with van der Waals surface area (Å²) in [6.07, 6.45) is 1.86. The summed E-state index contributed by atoms with van der Waals surface area (Å²) in [6.45, 7) is 4.67. The second-order valence-corrected chi connectivity index (χ2v) is 5.53. The molecule has 18 heavy (non-hydrogen) atoms. The zero-order chi connectivity index (χ0) is 13.1. The third-order valence-electron chi connectivity index (χ3n) is 2.69. The average molecular weight is 265 g/mol. The van der Waals surface area contributed by atoms with Crippen molar-refractivity contribution in [3.8, 4) is 0 Å². The van der Waals surface area contributed by atoms with Gasteiger partial charge in [-0.25, -0.2) is 9.37 Å². The van der Waals surface area contributed by atoms with Gasteiger partial charge in [-0.05, 0) is 31.5 Å². The summed E-state index contributed by atoms with van der Waals surface area (Å²) in [5, 5.41) is 4.36. The van der Waals surface area contributed by atoms with Crippen molar-refractivity contribution in [1.29, 1.82) is 0 Å². The lowest BCUT2D eigenvalue weighted by Crippen LogP contribution is -2.18. The highest BCUT2D eigenvalue weighted by Crippen LogP contribution is 2.19. The first-order valence-corrected chi connectivity index (χ1v) is 6.57. The highest BCUT2D eigenvalue weighted by atomic mass is 32.1. The third kappa shape index (κ3) is 3.05. The molecule has 2 aromatic rings. The van der Waals surface area contributed by atoms with Gasteiger partial charge in [0, 0.05) is 17.6 Å². The molecule has 0 aliphatic heterocycles. The third-order valence-corrected chi connectivity index (χ3v) is 3.78. The molecule has 3 nitrogen and oxygen atoms in total. The van der Waals surface area contributed by atoms with E-state index in [-0.39, 0.29) is 17.5 Å². The Kier molecular flexibility index (Phi) is 3.93. The fourth-order valence-corrected chi connectivity index (χ4v) is 2.41. The molecule has 0 fully saturated rings. The van der Waals surface area contributed by atoms with Crippen LogP contribution in [0.2, 0.25) is 0 Å². The van der Waals surface area contributed by atoms with E-state index >= 15 is 0 Å². The molecule has 0 saturated heterocycles. The van der Waals surface area contributed by atoms with Crippen LogP contribution in [-0.2, 0) is 6.54 Å². The summed E-state index contributed by atoms with van der Waals surface area (Å²) in [6, 6.07) is 5.03. The normalized spacial score (nSPS) is 12.6. The van der Waals surface area contributed by atoms with Gasteiger partial charge in [0.1, 0.15) is 10.8 Å². The van der Waals surface area contributed by atoms with Gasteiger partial charge in [0.15, 0.2) is 0 Å². The van der Waals surface area contributed by atoms with Gasteiger partial charge in [-0.3, -0.25) is 0 Å². The number of aryl methyl sites for hydroxylation is 1. The Bertz CT molecular complexity index is 539. The van der Waals surface area contributed by atoms with Gasteiger partial charge in [0.25, 0.3) is 0 Å². The number of anilines is 1. The van der Waals surface area contributed by atoms with Gasteiger partial charge >= 0.3 is 0 Å². The Balaban J connectivity index is 1.97. The first-order chi connectivity index (χ1) is 8.56. The van der Waals surface area contributed by atoms with Crippen molar-refractivity contribution >= 4 is 17.0 Å². The second-order valence-electron chi connectivity index (χ2n) is 4.27. The zero-order valence-electron chi connectivity index (χ0n) is 10.4. The molecule has 0 saturated carbocycles. The molecule has 1 aromatic heterocycles. The lowest BCUT2D eigenvalue weighted by Gasteiger charge is -2.11. The molecule has 1 unspecified atom stereocenters. The number of nitrogen functional groups attached to an aromatic ring is 1. The van der Waals surface area contributed by atoms with Crippen LogP contribution in [0.25, 0.3) is 0 Å². The van der Waals surface area contributed by atoms with E-state index in [1.165, 1.54) is 10.9 Å². The monoisotopic (exact) mass is 265 g/mol. The van der Waals surface area contributed by atoms with Crippen LogP contribution < -0.4 is 11.1 Å². The minimum atomic E-state index is -0.368. The fourth-order valence-electron chi connectivity index (χ4n) is 1.61. The van der Waals surface area contributed by atoms with Gasteiger partial charge < -0.3 is 11.1 Å². The number of hydrogen-bond acceptors (Lipinski definition) is 4. The second kappa shape index (κ2) is 5.46. The summed E-state index contributed by atoms with van der Waals surface area (Å²) in [4.78, 5) is 5.51. The van der Waals surface area contributed by atoms with Gasteiger partial charge in [0.05, 0.1) is 11.7 Å². The summed E-state index contributed by atoms with van der Waals surface area (Å²) in [5.41, 5.74) is 6.49. The van der Waals surface area contributed by atoms with Crippen LogP contribution in [0.4, 0.5) is 10.1 Å². The van der Waals surface area contributed by atoms with Crippen LogP contribution >= 0.6 is 11.3 Å². The van der Waals surface area contributed by atoms with Crippen LogP contribution in [0.15, 0.2) is 24.4 Å². The minimum absolute atomic E-state index is 0.157. The standard InChI is InChI=1S/C13H16FN3S/c1-8-6-17-13(18-8)9(2)16-7-10-3-4-12(15)11(14)5-10/h3-6,9,16H,7,15H2,1-2H3. The lowest BCUT2D eigenvalue weighted by molar-refractivity contribution is 0.567. The number of nitrogens with two attached hydrogens (primary N) is 1. The number of rotatable bonds is 4. The highest BCUT2D eigenvalue weighted by Gasteiger charge is 2.09. The van der Waals surface area contributed by atoms with Crippen molar-refractivity contribution in [2.75, 3.05) is 5.73 Å². The zero-order valence-corrected chi connectivity index (χ0v) is 11.2. The minimum Gasteiger partial charge on any atom is -0.396 e. The summed E-state index contributed by atoms with van der Waals surface area (Å²) < 4.78 is 13.3. The summed E-state index contributed by atoms with van der Waals surface area (Å²) >= 11 is 1.67. The number of nitrogens with zero attached hydrogens (tertiary/aromatic N) is 1. The van der Waals surface area contributed by atoms with E-state index in [4.69, 9.17) is 5.73 Å². The largest absolute Gasteiger partial charge is 0.396 e. The Hall–Kier alpha value is -1.46. The first-order valence-electron chi connectivity index (χ1n) is 5.76. The van der Waals surface area contributed by atoms with E-state index in [1.807, 2.05) is 26.1 Å². The molecule has 5 heteroatoms. The fraction of sp³-hybridized carbons (Fsp3) is 0.308. The molecule has 0 amide bonds. The maximum Gasteiger partial charge on any atom is 0.146 e. The molecule has 0 spiro atoms. The van der Waals surface area contributed by atoms with Crippen molar-refractivity contribution in [2.45, 2.75) is 26.4 Å². The van der Waals surface area contributed by atoms with E-state index in [1.54, 1.807) is 17.4 Å². The van der Waals surface area contributed by atoms with Gasteiger partial charge in [-0.1, -0.05) is 6.07 Å². The van der Waals surface area contributed by atoms with E-state index in [9.17, 15) is 4.39 Å². The molecule has 1 aromatic carbocycles. The molecular formula is C13H16FN3S. The van der Waals surface area contributed by atoms with Crippen LogP contribution in [0, 0.1) is 12.7 Å². The van der Waals surface area contributed by atoms with E-state index in [0.717, 1.165) is 10.6 Å². The molecule has 0 bridgehead atoms. The van der Waals surface area contributed by atoms with Gasteiger partial charge in [-0.2, -0.15) is 0 Å². The molecule has 1 heterocycles. The summed E-state index contributed by atoms with van der Waals surface area (Å²) in [7, 11) is 0. The molecule has 3 N–H and O–H groups in total. The quantitative estimate of drug-likeness (QED) is 0.835. The predicted molar refractivity (Wildman–Crippen MR) is 72.9 cm³/mol. The Morgan fingerprint density at radius 3 is 2.89 bits per heavy atom. The number of halogens is 1. The van der Waals surface area contributed by atoms with E-state index in [2.05, 4.69) is 10.3 Å². The van der Waals surface area contributed by atoms with Gasteiger partial charge in [-0.15, -0.1) is 11.3 Å². The van der Waals surface area contributed by atoms with Crippen LogP contribution in [-0.4, -0.2) is 4.98 Å². The smallest absolute Gasteiger partial charge is 0.146 e. The highest BCUT2D eigenvalue weighted by molar-refractivity contribution is 7.11. The number of aromatic nitrogens is 1. The Morgan fingerprint density at radius 1 is 1.50 bits per heavy atom. The Labute approximate surface area is 110 Å². The van der Waals surface area contributed by atoms with Crippen molar-refractivity contribution in [1.82, 2.24) is 10.3 Å².